The minimum absolute atomic E-state index is 0.0516. The Morgan fingerprint density at radius 2 is 2.11 bits per heavy atom. The first-order valence-electron chi connectivity index (χ1n) is 5.45. The summed E-state index contributed by atoms with van der Waals surface area (Å²) in [6.45, 7) is 5.95. The van der Waals surface area contributed by atoms with Gasteiger partial charge in [-0.1, -0.05) is 12.7 Å². The zero-order valence-electron chi connectivity index (χ0n) is 10.5. The van der Waals surface area contributed by atoms with Crippen LogP contribution in [0.1, 0.15) is 26.7 Å². The van der Waals surface area contributed by atoms with Crippen LogP contribution in [0.2, 0.25) is 0 Å². The average Bonchev–Trinajstić information content (AvgIpc) is 2.30. The van der Waals surface area contributed by atoms with Crippen molar-refractivity contribution in [3.05, 3.63) is 22.8 Å². The summed E-state index contributed by atoms with van der Waals surface area (Å²) < 4.78 is 9.54. The van der Waals surface area contributed by atoms with Crippen LogP contribution in [-0.2, 0) is 19.1 Å². The number of nitrogens with zero attached hydrogens (tertiary/aromatic N) is 1. The van der Waals surface area contributed by atoms with Gasteiger partial charge >= 0.3 is 11.9 Å². The number of carbonyl (C=O) groups excluding carboxylic acids is 2. The van der Waals surface area contributed by atoms with Gasteiger partial charge in [0.15, 0.2) is 6.10 Å². The Morgan fingerprint density at radius 1 is 1.50 bits per heavy atom. The molecule has 7 heteroatoms. The van der Waals surface area contributed by atoms with Gasteiger partial charge in [0, 0.05) is 31.6 Å². The predicted octanol–water partition coefficient (Wildman–Crippen LogP) is 1.09. The van der Waals surface area contributed by atoms with E-state index in [2.05, 4.69) is 6.58 Å². The highest BCUT2D eigenvalue weighted by atomic mass is 16.6. The van der Waals surface area contributed by atoms with E-state index in [4.69, 9.17) is 9.47 Å². The van der Waals surface area contributed by atoms with Crippen molar-refractivity contribution in [2.24, 2.45) is 0 Å². The van der Waals surface area contributed by atoms with Gasteiger partial charge in [-0.3, -0.25) is 19.7 Å². The minimum atomic E-state index is -1.07. The zero-order chi connectivity index (χ0) is 14.1. The largest absolute Gasteiger partial charge is 0.461 e. The number of ether oxygens (including phenoxy) is 2. The lowest BCUT2D eigenvalue weighted by Gasteiger charge is -2.17. The third kappa shape index (κ3) is 6.62. The summed E-state index contributed by atoms with van der Waals surface area (Å²) in [5.41, 5.74) is 0. The molecule has 0 bridgehead atoms. The van der Waals surface area contributed by atoms with E-state index in [1.165, 1.54) is 13.0 Å². The third-order valence-corrected chi connectivity index (χ3v) is 2.18. The van der Waals surface area contributed by atoms with E-state index >= 15 is 0 Å². The zero-order valence-corrected chi connectivity index (χ0v) is 10.5. The van der Waals surface area contributed by atoms with Crippen LogP contribution in [0.5, 0.6) is 0 Å². The van der Waals surface area contributed by atoms with Crippen LogP contribution < -0.4 is 0 Å². The molecule has 0 rings (SSSR count). The second-order valence-corrected chi connectivity index (χ2v) is 3.68. The molecular formula is C11H17NO6. The molecule has 102 valence electrons. The van der Waals surface area contributed by atoms with Crippen LogP contribution in [0.3, 0.4) is 0 Å². The first-order valence-corrected chi connectivity index (χ1v) is 5.45. The number of hydrogen-bond acceptors (Lipinski definition) is 6. The van der Waals surface area contributed by atoms with Crippen molar-refractivity contribution in [3.8, 4) is 0 Å². The van der Waals surface area contributed by atoms with Crippen LogP contribution in [0, 0.1) is 10.1 Å². The van der Waals surface area contributed by atoms with E-state index < -0.39 is 29.0 Å². The highest BCUT2D eigenvalue weighted by Crippen LogP contribution is 2.11. The molecule has 2 unspecified atom stereocenters. The molecule has 0 amide bonds. The smallest absolute Gasteiger partial charge is 0.306 e. The number of carbonyl (C=O) groups is 2. The first kappa shape index (κ1) is 16.1. The van der Waals surface area contributed by atoms with Crippen molar-refractivity contribution in [1.82, 2.24) is 0 Å². The molecule has 0 heterocycles. The molecule has 18 heavy (non-hydrogen) atoms. The molecule has 0 aromatic heterocycles. The minimum Gasteiger partial charge on any atom is -0.461 e. The summed E-state index contributed by atoms with van der Waals surface area (Å²) in [5, 5.41) is 10.6. The molecule has 0 fully saturated rings. The lowest BCUT2D eigenvalue weighted by Crippen LogP contribution is -2.35. The second kappa shape index (κ2) is 8.21. The number of hydrogen-bond donors (Lipinski definition) is 0. The molecule has 0 aliphatic heterocycles. The topological polar surface area (TPSA) is 95.7 Å². The first-order chi connectivity index (χ1) is 8.38. The van der Waals surface area contributed by atoms with Crippen LogP contribution in [0.4, 0.5) is 0 Å². The van der Waals surface area contributed by atoms with E-state index in [-0.39, 0.29) is 19.4 Å². The molecule has 0 aliphatic rings. The molecule has 0 saturated carbocycles. The molecule has 0 N–H and O–H groups in total. The molecule has 2 atom stereocenters. The summed E-state index contributed by atoms with van der Waals surface area (Å²) in [6, 6.07) is -1.07. The van der Waals surface area contributed by atoms with Gasteiger partial charge in [0.2, 0.25) is 6.04 Å². The standard InChI is InChI=1S/C11H17NO6/c1-4-7-17-11(14)6-5-10(18-9(3)13)8(2)12(15)16/h4,8,10H,1,5-7H2,2-3H3. The van der Waals surface area contributed by atoms with E-state index in [1.807, 2.05) is 0 Å². The van der Waals surface area contributed by atoms with Crippen LogP contribution in [0.15, 0.2) is 12.7 Å². The average molecular weight is 259 g/mol. The Labute approximate surface area is 105 Å². The maximum Gasteiger partial charge on any atom is 0.306 e. The van der Waals surface area contributed by atoms with Gasteiger partial charge < -0.3 is 9.47 Å². The highest BCUT2D eigenvalue weighted by molar-refractivity contribution is 5.69. The Bertz CT molecular complexity index is 327. The van der Waals surface area contributed by atoms with E-state index in [9.17, 15) is 19.7 Å². The normalized spacial score (nSPS) is 13.2. The Hall–Kier alpha value is -1.92. The van der Waals surface area contributed by atoms with Gasteiger partial charge in [0.05, 0.1) is 0 Å². The summed E-state index contributed by atoms with van der Waals surface area (Å²) in [7, 11) is 0. The van der Waals surface area contributed by atoms with Gasteiger partial charge in [0.1, 0.15) is 6.61 Å². The van der Waals surface area contributed by atoms with E-state index in [0.717, 1.165) is 6.92 Å². The van der Waals surface area contributed by atoms with Crippen molar-refractivity contribution in [1.29, 1.82) is 0 Å². The molecule has 0 spiro atoms. The molecule has 0 aliphatic carbocycles. The fraction of sp³-hybridized carbons (Fsp3) is 0.636. The molecule has 0 aromatic rings. The van der Waals surface area contributed by atoms with Gasteiger partial charge in [-0.05, 0) is 0 Å². The Morgan fingerprint density at radius 3 is 2.56 bits per heavy atom. The summed E-state index contributed by atoms with van der Waals surface area (Å²) >= 11 is 0. The molecule has 7 nitrogen and oxygen atoms in total. The van der Waals surface area contributed by atoms with Crippen LogP contribution >= 0.6 is 0 Å². The summed E-state index contributed by atoms with van der Waals surface area (Å²) in [5.74, 6) is -1.13. The second-order valence-electron chi connectivity index (χ2n) is 3.68. The van der Waals surface area contributed by atoms with Gasteiger partial charge in [-0.2, -0.15) is 0 Å². The Kier molecular flexibility index (Phi) is 7.34. The Balaban J connectivity index is 4.32. The quantitative estimate of drug-likeness (QED) is 0.280. The fourth-order valence-corrected chi connectivity index (χ4v) is 1.23. The van der Waals surface area contributed by atoms with E-state index in [0.29, 0.717) is 0 Å². The SMILES string of the molecule is C=CCOC(=O)CCC(OC(C)=O)C(C)[N+](=O)[O-]. The summed E-state index contributed by atoms with van der Waals surface area (Å²) in [6.07, 6.45) is 0.483. The lowest BCUT2D eigenvalue weighted by atomic mass is 10.1. The molecule has 0 saturated heterocycles. The molecule has 0 radical (unpaired) electrons. The lowest BCUT2D eigenvalue weighted by molar-refractivity contribution is -0.529. The monoisotopic (exact) mass is 259 g/mol. The number of esters is 2. The van der Waals surface area contributed by atoms with Gasteiger partial charge in [-0.15, -0.1) is 0 Å². The van der Waals surface area contributed by atoms with Crippen LogP contribution in [-0.4, -0.2) is 35.6 Å². The van der Waals surface area contributed by atoms with Gasteiger partial charge in [-0.25, -0.2) is 0 Å². The van der Waals surface area contributed by atoms with Crippen molar-refractivity contribution < 1.29 is 24.0 Å². The molecule has 0 aromatic carbocycles. The summed E-state index contributed by atoms with van der Waals surface area (Å²) in [4.78, 5) is 32.1. The maximum absolute atomic E-state index is 11.2. The third-order valence-electron chi connectivity index (χ3n) is 2.18. The van der Waals surface area contributed by atoms with Crippen LogP contribution in [0.25, 0.3) is 0 Å². The maximum atomic E-state index is 11.2. The predicted molar refractivity (Wildman–Crippen MR) is 62.4 cm³/mol. The van der Waals surface area contributed by atoms with E-state index in [1.54, 1.807) is 0 Å². The fourth-order valence-electron chi connectivity index (χ4n) is 1.23. The number of rotatable bonds is 8. The number of nitro groups is 1. The highest BCUT2D eigenvalue weighted by Gasteiger charge is 2.29. The van der Waals surface area contributed by atoms with Gasteiger partial charge in [0.25, 0.3) is 0 Å². The van der Waals surface area contributed by atoms with Crippen molar-refractivity contribution in [2.45, 2.75) is 38.8 Å². The van der Waals surface area contributed by atoms with Crippen molar-refractivity contribution in [2.75, 3.05) is 6.61 Å². The van der Waals surface area contributed by atoms with Crippen molar-refractivity contribution in [3.63, 3.8) is 0 Å². The molecular weight excluding hydrogens is 242 g/mol. The van der Waals surface area contributed by atoms with Crippen molar-refractivity contribution >= 4 is 11.9 Å².